The Bertz CT molecular complexity index is 1240. The minimum atomic E-state index is -0.722. The van der Waals surface area contributed by atoms with E-state index in [-0.39, 0.29) is 18.2 Å². The Kier molecular flexibility index (Phi) is 9.13. The van der Waals surface area contributed by atoms with E-state index in [4.69, 9.17) is 14.4 Å². The molecule has 0 heterocycles. The minimum absolute atomic E-state index is 0.0951. The monoisotopic (exact) mass is 475 g/mol. The van der Waals surface area contributed by atoms with Crippen LogP contribution in [0.15, 0.2) is 95.2 Å². The molecule has 0 aliphatic carbocycles. The average molecular weight is 476 g/mol. The average Bonchev–Trinajstić information content (AvgIpc) is 2.88. The van der Waals surface area contributed by atoms with Gasteiger partial charge < -0.3 is 19.7 Å². The zero-order valence-electron chi connectivity index (χ0n) is 19.7. The Morgan fingerprint density at radius 1 is 1.00 bits per heavy atom. The van der Waals surface area contributed by atoms with Gasteiger partial charge in [-0.3, -0.25) is 4.79 Å². The maximum atomic E-state index is 14.3. The van der Waals surface area contributed by atoms with Crippen LogP contribution in [-0.2, 0) is 21.1 Å². The highest BCUT2D eigenvalue weighted by Crippen LogP contribution is 2.19. The first-order chi connectivity index (χ1) is 17.0. The number of nitrogens with zero attached hydrogens (tertiary/aromatic N) is 2. The summed E-state index contributed by atoms with van der Waals surface area (Å²) in [4.78, 5) is 22.6. The normalized spacial score (nSPS) is 12.2. The van der Waals surface area contributed by atoms with Crippen molar-refractivity contribution < 1.29 is 23.6 Å². The number of halogens is 1. The molecule has 3 aromatic carbocycles. The van der Waals surface area contributed by atoms with Crippen LogP contribution in [0.1, 0.15) is 29.2 Å². The number of carbonyl (C=O) groups is 1. The van der Waals surface area contributed by atoms with E-state index in [1.807, 2.05) is 36.4 Å². The second kappa shape index (κ2) is 12.7. The minimum Gasteiger partial charge on any atom is -0.432 e. The molecule has 8 heteroatoms. The zero-order valence-corrected chi connectivity index (χ0v) is 19.7. The van der Waals surface area contributed by atoms with Crippen molar-refractivity contribution in [3.8, 4) is 5.75 Å². The van der Waals surface area contributed by atoms with Crippen molar-refractivity contribution in [1.82, 2.24) is 5.32 Å². The van der Waals surface area contributed by atoms with Gasteiger partial charge in [0.25, 0.3) is 11.9 Å². The Morgan fingerprint density at radius 2 is 1.74 bits per heavy atom. The highest BCUT2D eigenvalue weighted by Gasteiger charge is 2.17. The molecule has 0 atom stereocenters. The van der Waals surface area contributed by atoms with Crippen LogP contribution >= 0.6 is 0 Å². The van der Waals surface area contributed by atoms with Crippen molar-refractivity contribution in [2.75, 3.05) is 14.2 Å². The topological polar surface area (TPSA) is 81.5 Å². The molecule has 3 aromatic rings. The summed E-state index contributed by atoms with van der Waals surface area (Å²) in [7, 11) is 2.89. The Hall–Kier alpha value is -4.46. The number of likely N-dealkylation sites (N-methyl/N-ethyl adjacent to an activating group) is 1. The second-order valence-electron chi connectivity index (χ2n) is 7.30. The van der Waals surface area contributed by atoms with Gasteiger partial charge in [-0.1, -0.05) is 77.0 Å². The summed E-state index contributed by atoms with van der Waals surface area (Å²) in [5.74, 6) is -0.0533. The van der Waals surface area contributed by atoms with Crippen LogP contribution in [-0.4, -0.2) is 31.5 Å². The lowest BCUT2D eigenvalue weighted by molar-refractivity contribution is -0.114. The van der Waals surface area contributed by atoms with E-state index in [1.54, 1.807) is 49.4 Å². The second-order valence-corrected chi connectivity index (χ2v) is 7.30. The standard InChI is InChI=1S/C27H26FN3O4/c1-19(21-13-9-14-23(17-21)35-25(28)16-20-10-5-4-6-11-20)30-34-18-22-12-7-8-15-24(22)26(31-33-3)27(32)29-2/h4-17H,18H2,1-3H3,(H,29,32)/b25-16+,30-19+,31-26+. The Labute approximate surface area is 203 Å². The molecule has 0 spiro atoms. The third kappa shape index (κ3) is 7.26. The van der Waals surface area contributed by atoms with Crippen molar-refractivity contribution in [2.24, 2.45) is 10.3 Å². The molecule has 180 valence electrons. The fourth-order valence-corrected chi connectivity index (χ4v) is 3.16. The van der Waals surface area contributed by atoms with Crippen LogP contribution in [0, 0.1) is 0 Å². The van der Waals surface area contributed by atoms with Gasteiger partial charge in [0.1, 0.15) is 19.5 Å². The number of hydrogen-bond donors (Lipinski definition) is 1. The molecule has 0 aromatic heterocycles. The number of carbonyl (C=O) groups excluding carboxylic acids is 1. The lowest BCUT2D eigenvalue weighted by Gasteiger charge is -2.10. The van der Waals surface area contributed by atoms with Gasteiger partial charge >= 0.3 is 0 Å². The number of oxime groups is 2. The van der Waals surface area contributed by atoms with E-state index < -0.39 is 6.01 Å². The van der Waals surface area contributed by atoms with Crippen LogP contribution in [0.4, 0.5) is 4.39 Å². The molecule has 0 fully saturated rings. The number of nitrogens with one attached hydrogen (secondary N) is 1. The molecule has 1 amide bonds. The number of benzene rings is 3. The predicted molar refractivity (Wildman–Crippen MR) is 134 cm³/mol. The van der Waals surface area contributed by atoms with Gasteiger partial charge in [-0.2, -0.15) is 4.39 Å². The summed E-state index contributed by atoms with van der Waals surface area (Å²) in [5, 5.41) is 10.6. The highest BCUT2D eigenvalue weighted by molar-refractivity contribution is 6.45. The van der Waals surface area contributed by atoms with Gasteiger partial charge in [-0.25, -0.2) is 0 Å². The summed E-state index contributed by atoms with van der Waals surface area (Å²) in [5.41, 5.74) is 3.37. The molecule has 0 saturated heterocycles. The van der Waals surface area contributed by atoms with Crippen LogP contribution < -0.4 is 10.1 Å². The number of amides is 1. The zero-order chi connectivity index (χ0) is 25.0. The summed E-state index contributed by atoms with van der Waals surface area (Å²) in [6.45, 7) is 1.86. The molecule has 0 saturated carbocycles. The number of rotatable bonds is 10. The summed E-state index contributed by atoms with van der Waals surface area (Å²) in [6, 6.07) is 22.4. The molecule has 3 rings (SSSR count). The first kappa shape index (κ1) is 25.2. The first-order valence-electron chi connectivity index (χ1n) is 10.8. The largest absolute Gasteiger partial charge is 0.432 e. The van der Waals surface area contributed by atoms with E-state index in [1.165, 1.54) is 20.2 Å². The van der Waals surface area contributed by atoms with Crippen LogP contribution in [0.5, 0.6) is 5.75 Å². The maximum Gasteiger partial charge on any atom is 0.278 e. The maximum absolute atomic E-state index is 14.3. The van der Waals surface area contributed by atoms with Gasteiger partial charge in [-0.15, -0.1) is 0 Å². The summed E-state index contributed by atoms with van der Waals surface area (Å²) in [6.07, 6.45) is 1.31. The third-order valence-electron chi connectivity index (χ3n) is 4.87. The van der Waals surface area contributed by atoms with Crippen LogP contribution in [0.25, 0.3) is 6.08 Å². The van der Waals surface area contributed by atoms with E-state index in [9.17, 15) is 9.18 Å². The highest BCUT2D eigenvalue weighted by atomic mass is 19.1. The van der Waals surface area contributed by atoms with Crippen molar-refractivity contribution in [3.05, 3.63) is 107 Å². The SMILES string of the molecule is CNC(=O)/C(=N/OC)c1ccccc1CO/N=C(\C)c1cccc(O/C(F)=C/c2ccccc2)c1. The van der Waals surface area contributed by atoms with E-state index in [0.717, 1.165) is 0 Å². The molecule has 0 bridgehead atoms. The predicted octanol–water partition coefficient (Wildman–Crippen LogP) is 5.07. The molecule has 1 N–H and O–H groups in total. The molecular formula is C27H26FN3O4. The van der Waals surface area contributed by atoms with Gasteiger partial charge in [0, 0.05) is 29.8 Å². The summed E-state index contributed by atoms with van der Waals surface area (Å²) >= 11 is 0. The van der Waals surface area contributed by atoms with Gasteiger partial charge in [-0.05, 0) is 24.6 Å². The van der Waals surface area contributed by atoms with Gasteiger partial charge in [0.05, 0.1) is 5.71 Å². The fraction of sp³-hybridized carbons (Fsp3) is 0.148. The molecule has 0 radical (unpaired) electrons. The van der Waals surface area contributed by atoms with Crippen molar-refractivity contribution in [2.45, 2.75) is 13.5 Å². The third-order valence-corrected chi connectivity index (χ3v) is 4.87. The molecule has 0 unspecified atom stereocenters. The molecule has 0 aliphatic heterocycles. The van der Waals surface area contributed by atoms with E-state index in [0.29, 0.717) is 33.7 Å². The smallest absolute Gasteiger partial charge is 0.278 e. The number of hydrogen-bond acceptors (Lipinski definition) is 6. The van der Waals surface area contributed by atoms with Gasteiger partial charge in [0.15, 0.2) is 5.71 Å². The Balaban J connectivity index is 1.70. The first-order valence-corrected chi connectivity index (χ1v) is 10.8. The molecular weight excluding hydrogens is 449 g/mol. The molecule has 0 aliphatic rings. The molecule has 35 heavy (non-hydrogen) atoms. The molecule has 7 nitrogen and oxygen atoms in total. The van der Waals surface area contributed by atoms with Crippen LogP contribution in [0.3, 0.4) is 0 Å². The summed E-state index contributed by atoms with van der Waals surface area (Å²) < 4.78 is 19.6. The van der Waals surface area contributed by atoms with Crippen LogP contribution in [0.2, 0.25) is 0 Å². The van der Waals surface area contributed by atoms with Crippen molar-refractivity contribution >= 4 is 23.4 Å². The number of ether oxygens (including phenoxy) is 1. The fourth-order valence-electron chi connectivity index (χ4n) is 3.16. The van der Waals surface area contributed by atoms with Gasteiger partial charge in [0.2, 0.25) is 0 Å². The van der Waals surface area contributed by atoms with Crippen molar-refractivity contribution in [1.29, 1.82) is 0 Å². The van der Waals surface area contributed by atoms with E-state index in [2.05, 4.69) is 15.6 Å². The quantitative estimate of drug-likeness (QED) is 0.252. The Morgan fingerprint density at radius 3 is 2.49 bits per heavy atom. The van der Waals surface area contributed by atoms with Crippen molar-refractivity contribution in [3.63, 3.8) is 0 Å². The lowest BCUT2D eigenvalue weighted by atomic mass is 10.0. The lowest BCUT2D eigenvalue weighted by Crippen LogP contribution is -2.29. The van der Waals surface area contributed by atoms with E-state index >= 15 is 0 Å².